The number of pyridine rings is 2. The van der Waals surface area contributed by atoms with Crippen LogP contribution in [0.4, 0.5) is 21.6 Å². The Kier molecular flexibility index (Phi) is 4.96. The fourth-order valence-corrected chi connectivity index (χ4v) is 4.85. The summed E-state index contributed by atoms with van der Waals surface area (Å²) < 4.78 is 15.2. The van der Waals surface area contributed by atoms with Crippen LogP contribution in [0.5, 0.6) is 0 Å². The van der Waals surface area contributed by atoms with Gasteiger partial charge in [0.05, 0.1) is 35.9 Å². The van der Waals surface area contributed by atoms with E-state index in [1.165, 1.54) is 23.4 Å². The lowest BCUT2D eigenvalue weighted by molar-refractivity contribution is 0.145. The van der Waals surface area contributed by atoms with Crippen molar-refractivity contribution < 1.29 is 9.50 Å². The zero-order valence-corrected chi connectivity index (χ0v) is 18.1. The van der Waals surface area contributed by atoms with Crippen molar-refractivity contribution in [2.45, 2.75) is 32.0 Å². The number of aliphatic hydroxyl groups is 1. The number of halogens is 1. The topological polar surface area (TPSA) is 77.7 Å². The van der Waals surface area contributed by atoms with Crippen molar-refractivity contribution in [3.05, 3.63) is 71.9 Å². The van der Waals surface area contributed by atoms with Gasteiger partial charge in [0.2, 0.25) is 0 Å². The first kappa shape index (κ1) is 20.1. The zero-order chi connectivity index (χ0) is 22.4. The summed E-state index contributed by atoms with van der Waals surface area (Å²) in [6.07, 6.45) is 6.51. The number of aromatic nitrogens is 3. The molecule has 0 unspecified atom stereocenters. The van der Waals surface area contributed by atoms with Crippen LogP contribution in [-0.2, 0) is 13.1 Å². The number of nitrogens with zero attached hydrogens (tertiary/aromatic N) is 4. The van der Waals surface area contributed by atoms with Crippen molar-refractivity contribution >= 4 is 22.7 Å². The molecule has 168 valence electrons. The average molecular weight is 445 g/mol. The summed E-state index contributed by atoms with van der Waals surface area (Å²) in [5, 5.41) is 21.0. The van der Waals surface area contributed by atoms with Crippen LogP contribution in [0.3, 0.4) is 0 Å². The van der Waals surface area contributed by atoms with Crippen molar-refractivity contribution in [2.24, 2.45) is 0 Å². The molecule has 3 N–H and O–H groups in total. The minimum Gasteiger partial charge on any atom is -0.393 e. The molecule has 1 aromatic carbocycles. The average Bonchev–Trinajstić information content (AvgIpc) is 3.48. The van der Waals surface area contributed by atoms with Gasteiger partial charge in [-0.1, -0.05) is 6.07 Å². The number of benzene rings is 1. The summed E-state index contributed by atoms with van der Waals surface area (Å²) >= 11 is 0. The molecule has 7 nitrogen and oxygen atoms in total. The van der Waals surface area contributed by atoms with E-state index >= 15 is 0 Å². The lowest BCUT2D eigenvalue weighted by Gasteiger charge is -2.31. The smallest absolute Gasteiger partial charge is 0.141 e. The van der Waals surface area contributed by atoms with E-state index in [2.05, 4.69) is 43.8 Å². The number of hydrogen-bond acceptors (Lipinski definition) is 6. The minimum absolute atomic E-state index is 0.185. The molecule has 0 saturated carbocycles. The Morgan fingerprint density at radius 1 is 0.970 bits per heavy atom. The molecule has 0 amide bonds. The van der Waals surface area contributed by atoms with Gasteiger partial charge in [-0.25, -0.2) is 13.9 Å². The number of anilines is 3. The van der Waals surface area contributed by atoms with Gasteiger partial charge in [-0.15, -0.1) is 0 Å². The Hall–Kier alpha value is -3.49. The molecule has 8 heteroatoms. The molecule has 0 spiro atoms. The number of hydrogen-bond donors (Lipinski definition) is 3. The molecule has 5 heterocycles. The molecule has 1 saturated heterocycles. The molecule has 0 aliphatic carbocycles. The second kappa shape index (κ2) is 8.13. The highest BCUT2D eigenvalue weighted by Gasteiger charge is 2.22. The SMILES string of the molecule is OC1CCN(c2ccc(Nc3ccc(-c4cnn5cc(F)ccc45)c4c3CNC4)nc2)CC1. The van der Waals surface area contributed by atoms with Crippen LogP contribution in [0.1, 0.15) is 24.0 Å². The number of aliphatic hydroxyl groups excluding tert-OH is 1. The van der Waals surface area contributed by atoms with Crippen molar-refractivity contribution in [3.63, 3.8) is 0 Å². The van der Waals surface area contributed by atoms with Crippen LogP contribution in [-0.4, -0.2) is 38.9 Å². The first-order valence-corrected chi connectivity index (χ1v) is 11.3. The van der Waals surface area contributed by atoms with Gasteiger partial charge in [0.1, 0.15) is 11.6 Å². The largest absolute Gasteiger partial charge is 0.393 e. The summed E-state index contributed by atoms with van der Waals surface area (Å²) in [5.41, 5.74) is 7.54. The van der Waals surface area contributed by atoms with Gasteiger partial charge in [0, 0.05) is 37.4 Å². The van der Waals surface area contributed by atoms with Crippen molar-refractivity contribution in [1.82, 2.24) is 19.9 Å². The highest BCUT2D eigenvalue weighted by Crippen LogP contribution is 2.36. The zero-order valence-electron chi connectivity index (χ0n) is 18.1. The standard InChI is InChI=1S/C25H25FN6O/c26-16-1-5-24-22(14-29-32(24)15-16)19-3-4-23(21-13-27-12-20(19)21)30-25-6-2-17(11-28-25)31-9-7-18(33)8-10-31/h1-6,11,14-15,18,27,33H,7-10,12-13H2,(H,28,30). The first-order valence-electron chi connectivity index (χ1n) is 11.3. The third-order valence-electron chi connectivity index (χ3n) is 6.65. The highest BCUT2D eigenvalue weighted by atomic mass is 19.1. The van der Waals surface area contributed by atoms with Crippen molar-refractivity contribution in [2.75, 3.05) is 23.3 Å². The van der Waals surface area contributed by atoms with E-state index in [0.717, 1.165) is 72.9 Å². The van der Waals surface area contributed by atoms with E-state index in [9.17, 15) is 9.50 Å². The normalized spacial score (nSPS) is 16.4. The van der Waals surface area contributed by atoms with Crippen LogP contribution in [0.15, 0.2) is 55.0 Å². The summed E-state index contributed by atoms with van der Waals surface area (Å²) in [5.74, 6) is 0.490. The predicted octanol–water partition coefficient (Wildman–Crippen LogP) is 3.84. The minimum atomic E-state index is -0.306. The van der Waals surface area contributed by atoms with E-state index < -0.39 is 0 Å². The molecule has 2 aliphatic heterocycles. The molecule has 0 radical (unpaired) electrons. The van der Waals surface area contributed by atoms with Gasteiger partial charge < -0.3 is 20.6 Å². The number of piperidine rings is 1. The molecule has 6 rings (SSSR count). The molecule has 1 fully saturated rings. The lowest BCUT2D eigenvalue weighted by Crippen LogP contribution is -2.35. The summed E-state index contributed by atoms with van der Waals surface area (Å²) in [6, 6.07) is 11.5. The molecule has 4 aromatic rings. The van der Waals surface area contributed by atoms with Crippen molar-refractivity contribution in [3.8, 4) is 11.1 Å². The van der Waals surface area contributed by atoms with Crippen LogP contribution in [0, 0.1) is 5.82 Å². The van der Waals surface area contributed by atoms with Crippen LogP contribution < -0.4 is 15.5 Å². The fourth-order valence-electron chi connectivity index (χ4n) is 4.85. The van der Waals surface area contributed by atoms with E-state index in [-0.39, 0.29) is 11.9 Å². The maximum Gasteiger partial charge on any atom is 0.141 e. The molecular formula is C25H25FN6O. The van der Waals surface area contributed by atoms with Crippen LogP contribution in [0.2, 0.25) is 0 Å². The van der Waals surface area contributed by atoms with Crippen molar-refractivity contribution in [1.29, 1.82) is 0 Å². The Balaban J connectivity index is 1.27. The van der Waals surface area contributed by atoms with Gasteiger partial charge in [-0.2, -0.15) is 5.10 Å². The third-order valence-corrected chi connectivity index (χ3v) is 6.65. The molecule has 0 atom stereocenters. The molecule has 0 bridgehead atoms. The molecule has 3 aromatic heterocycles. The van der Waals surface area contributed by atoms with E-state index in [1.54, 1.807) is 16.8 Å². The highest BCUT2D eigenvalue weighted by molar-refractivity contribution is 5.84. The van der Waals surface area contributed by atoms with Gasteiger partial charge in [-0.3, -0.25) is 0 Å². The monoisotopic (exact) mass is 444 g/mol. The van der Waals surface area contributed by atoms with E-state index in [1.807, 2.05) is 12.3 Å². The summed E-state index contributed by atoms with van der Waals surface area (Å²) in [4.78, 5) is 6.90. The Morgan fingerprint density at radius 3 is 2.64 bits per heavy atom. The predicted molar refractivity (Wildman–Crippen MR) is 126 cm³/mol. The second-order valence-electron chi connectivity index (χ2n) is 8.70. The molecule has 2 aliphatic rings. The second-order valence-corrected chi connectivity index (χ2v) is 8.70. The maximum atomic E-state index is 13.6. The first-order chi connectivity index (χ1) is 16.2. The molecule has 33 heavy (non-hydrogen) atoms. The quantitative estimate of drug-likeness (QED) is 0.444. The summed E-state index contributed by atoms with van der Waals surface area (Å²) in [7, 11) is 0. The fraction of sp³-hybridized carbons (Fsp3) is 0.280. The van der Waals surface area contributed by atoms with Crippen LogP contribution >= 0.6 is 0 Å². The van der Waals surface area contributed by atoms with E-state index in [0.29, 0.717) is 0 Å². The lowest BCUT2D eigenvalue weighted by atomic mass is 9.96. The van der Waals surface area contributed by atoms with E-state index in [4.69, 9.17) is 0 Å². The van der Waals surface area contributed by atoms with Gasteiger partial charge in [0.15, 0.2) is 0 Å². The molecular weight excluding hydrogens is 419 g/mol. The summed E-state index contributed by atoms with van der Waals surface area (Å²) in [6.45, 7) is 3.25. The Morgan fingerprint density at radius 2 is 1.82 bits per heavy atom. The van der Waals surface area contributed by atoms with Gasteiger partial charge in [-0.05, 0) is 59.9 Å². The third kappa shape index (κ3) is 3.71. The number of rotatable bonds is 4. The maximum absolute atomic E-state index is 13.6. The Labute approximate surface area is 190 Å². The Bertz CT molecular complexity index is 1310. The van der Waals surface area contributed by atoms with Gasteiger partial charge in [0.25, 0.3) is 0 Å². The van der Waals surface area contributed by atoms with Gasteiger partial charge >= 0.3 is 0 Å². The number of fused-ring (bicyclic) bond motifs is 2. The number of nitrogens with one attached hydrogen (secondary N) is 2. The van der Waals surface area contributed by atoms with Crippen LogP contribution in [0.25, 0.3) is 16.6 Å².